The Hall–Kier alpha value is -2.31. The number of benzene rings is 1. The number of rotatable bonds is 5. The lowest BCUT2D eigenvalue weighted by Crippen LogP contribution is -2.41. The molecule has 1 aromatic heterocycles. The Balaban J connectivity index is 1.37. The molecule has 0 radical (unpaired) electrons. The standard InChI is InChI=1S/C19H22ClN3O3/c20-15-3-1-4-16(11-15)22-19(25)18(24)21-12-14-6-8-23(9-7-14)13-17-5-2-10-26-17/h1-5,10-11,14H,6-9,12-13H2,(H,21,24)(H,22,25). The Morgan fingerprint density at radius 1 is 1.15 bits per heavy atom. The average Bonchev–Trinajstić information content (AvgIpc) is 3.14. The van der Waals surface area contributed by atoms with E-state index < -0.39 is 11.8 Å². The van der Waals surface area contributed by atoms with Crippen LogP contribution < -0.4 is 10.6 Å². The van der Waals surface area contributed by atoms with Gasteiger partial charge in [0.15, 0.2) is 0 Å². The van der Waals surface area contributed by atoms with Gasteiger partial charge in [-0.3, -0.25) is 14.5 Å². The molecule has 6 nitrogen and oxygen atoms in total. The second-order valence-electron chi connectivity index (χ2n) is 6.47. The van der Waals surface area contributed by atoms with Gasteiger partial charge in [-0.05, 0) is 62.2 Å². The van der Waals surface area contributed by atoms with Crippen LogP contribution in [-0.2, 0) is 16.1 Å². The Bertz CT molecular complexity index is 740. The first-order chi connectivity index (χ1) is 12.6. The van der Waals surface area contributed by atoms with Crippen LogP contribution in [0.2, 0.25) is 5.02 Å². The topological polar surface area (TPSA) is 74.6 Å². The summed E-state index contributed by atoms with van der Waals surface area (Å²) < 4.78 is 5.37. The average molecular weight is 376 g/mol. The number of hydrogen-bond acceptors (Lipinski definition) is 4. The zero-order valence-corrected chi connectivity index (χ0v) is 15.2. The molecule has 26 heavy (non-hydrogen) atoms. The van der Waals surface area contributed by atoms with E-state index in [4.69, 9.17) is 16.0 Å². The predicted molar refractivity (Wildman–Crippen MR) is 99.8 cm³/mol. The number of nitrogens with zero attached hydrogens (tertiary/aromatic N) is 1. The van der Waals surface area contributed by atoms with E-state index in [0.29, 0.717) is 23.2 Å². The summed E-state index contributed by atoms with van der Waals surface area (Å²) in [5.41, 5.74) is 0.504. The van der Waals surface area contributed by atoms with Gasteiger partial charge in [-0.25, -0.2) is 0 Å². The molecule has 138 valence electrons. The molecular weight excluding hydrogens is 354 g/mol. The Labute approximate surface area is 157 Å². The molecule has 0 bridgehead atoms. The number of carbonyl (C=O) groups excluding carboxylic acids is 2. The van der Waals surface area contributed by atoms with Gasteiger partial charge in [-0.15, -0.1) is 0 Å². The lowest BCUT2D eigenvalue weighted by molar-refractivity contribution is -0.136. The first-order valence-corrected chi connectivity index (χ1v) is 9.07. The monoisotopic (exact) mass is 375 g/mol. The minimum Gasteiger partial charge on any atom is -0.468 e. The molecule has 0 atom stereocenters. The number of piperidine rings is 1. The highest BCUT2D eigenvalue weighted by atomic mass is 35.5. The van der Waals surface area contributed by atoms with Crippen LogP contribution in [0.15, 0.2) is 47.1 Å². The van der Waals surface area contributed by atoms with Crippen LogP contribution in [0.4, 0.5) is 5.69 Å². The SMILES string of the molecule is O=C(NCC1CCN(Cc2ccco2)CC1)C(=O)Nc1cccc(Cl)c1. The first-order valence-electron chi connectivity index (χ1n) is 8.69. The molecule has 3 rings (SSSR count). The van der Waals surface area contributed by atoms with Crippen LogP contribution in [0.25, 0.3) is 0 Å². The van der Waals surface area contributed by atoms with Gasteiger partial charge in [-0.1, -0.05) is 17.7 Å². The highest BCUT2D eigenvalue weighted by Gasteiger charge is 2.22. The van der Waals surface area contributed by atoms with Crippen LogP contribution in [-0.4, -0.2) is 36.3 Å². The molecule has 2 amide bonds. The summed E-state index contributed by atoms with van der Waals surface area (Å²) in [7, 11) is 0. The summed E-state index contributed by atoms with van der Waals surface area (Å²) in [6, 6.07) is 10.6. The maximum atomic E-state index is 12.0. The zero-order chi connectivity index (χ0) is 18.4. The normalized spacial score (nSPS) is 15.6. The maximum Gasteiger partial charge on any atom is 0.313 e. The number of likely N-dealkylation sites (tertiary alicyclic amines) is 1. The van der Waals surface area contributed by atoms with Crippen LogP contribution in [0.5, 0.6) is 0 Å². The van der Waals surface area contributed by atoms with Gasteiger partial charge >= 0.3 is 11.8 Å². The van der Waals surface area contributed by atoms with Crippen molar-refractivity contribution in [2.75, 3.05) is 25.0 Å². The van der Waals surface area contributed by atoms with Gasteiger partial charge in [0.05, 0.1) is 12.8 Å². The lowest BCUT2D eigenvalue weighted by Gasteiger charge is -2.31. The fourth-order valence-electron chi connectivity index (χ4n) is 3.04. The molecule has 0 unspecified atom stereocenters. The van der Waals surface area contributed by atoms with E-state index in [9.17, 15) is 9.59 Å². The Kier molecular flexibility index (Phi) is 6.30. The molecule has 0 spiro atoms. The Morgan fingerprint density at radius 2 is 1.96 bits per heavy atom. The van der Waals surface area contributed by atoms with Crippen LogP contribution in [0, 0.1) is 5.92 Å². The third kappa shape index (κ3) is 5.34. The summed E-state index contributed by atoms with van der Waals surface area (Å²) in [6.45, 7) is 3.23. The summed E-state index contributed by atoms with van der Waals surface area (Å²) in [6.07, 6.45) is 3.65. The van der Waals surface area contributed by atoms with Crippen molar-refractivity contribution < 1.29 is 14.0 Å². The van der Waals surface area contributed by atoms with E-state index in [0.717, 1.165) is 38.2 Å². The summed E-state index contributed by atoms with van der Waals surface area (Å²) in [5, 5.41) is 5.78. The number of nitrogens with one attached hydrogen (secondary N) is 2. The van der Waals surface area contributed by atoms with Crippen LogP contribution in [0.1, 0.15) is 18.6 Å². The van der Waals surface area contributed by atoms with Crippen LogP contribution in [0.3, 0.4) is 0 Å². The van der Waals surface area contributed by atoms with Gasteiger partial charge in [-0.2, -0.15) is 0 Å². The number of amides is 2. The van der Waals surface area contributed by atoms with Gasteiger partial charge < -0.3 is 15.1 Å². The Morgan fingerprint density at radius 3 is 2.65 bits per heavy atom. The van der Waals surface area contributed by atoms with E-state index >= 15 is 0 Å². The minimum atomic E-state index is -0.678. The predicted octanol–water partition coefficient (Wildman–Crippen LogP) is 2.90. The summed E-state index contributed by atoms with van der Waals surface area (Å²) in [4.78, 5) is 26.2. The van der Waals surface area contributed by atoms with E-state index in [1.807, 2.05) is 12.1 Å². The summed E-state index contributed by atoms with van der Waals surface area (Å²) in [5.74, 6) is 0.0470. The van der Waals surface area contributed by atoms with Gasteiger partial charge in [0.2, 0.25) is 0 Å². The number of hydrogen-bond donors (Lipinski definition) is 2. The van der Waals surface area contributed by atoms with Crippen molar-refractivity contribution in [3.63, 3.8) is 0 Å². The van der Waals surface area contributed by atoms with Crippen molar-refractivity contribution in [1.82, 2.24) is 10.2 Å². The van der Waals surface area contributed by atoms with E-state index in [1.54, 1.807) is 30.5 Å². The van der Waals surface area contributed by atoms with E-state index in [2.05, 4.69) is 15.5 Å². The highest BCUT2D eigenvalue weighted by molar-refractivity contribution is 6.39. The minimum absolute atomic E-state index is 0.380. The third-order valence-corrected chi connectivity index (χ3v) is 4.74. The molecule has 0 aliphatic carbocycles. The number of furan rings is 1. The molecule has 2 heterocycles. The zero-order valence-electron chi connectivity index (χ0n) is 14.4. The highest BCUT2D eigenvalue weighted by Crippen LogP contribution is 2.19. The number of anilines is 1. The van der Waals surface area contributed by atoms with E-state index in [1.165, 1.54) is 0 Å². The second-order valence-corrected chi connectivity index (χ2v) is 6.91. The van der Waals surface area contributed by atoms with E-state index in [-0.39, 0.29) is 0 Å². The molecule has 1 aliphatic heterocycles. The molecule has 7 heteroatoms. The van der Waals surface area contributed by atoms with Crippen molar-refractivity contribution in [3.05, 3.63) is 53.4 Å². The quantitative estimate of drug-likeness (QED) is 0.788. The molecule has 1 fully saturated rings. The summed E-state index contributed by atoms with van der Waals surface area (Å²) >= 11 is 5.87. The molecule has 1 aromatic carbocycles. The lowest BCUT2D eigenvalue weighted by atomic mass is 9.96. The number of carbonyl (C=O) groups is 2. The fourth-order valence-corrected chi connectivity index (χ4v) is 3.23. The number of halogens is 1. The smallest absolute Gasteiger partial charge is 0.313 e. The molecule has 0 saturated carbocycles. The van der Waals surface area contributed by atoms with Gasteiger partial charge in [0, 0.05) is 17.3 Å². The molecule has 1 aliphatic rings. The maximum absolute atomic E-state index is 12.0. The van der Waals surface area contributed by atoms with Gasteiger partial charge in [0.1, 0.15) is 5.76 Å². The van der Waals surface area contributed by atoms with Crippen LogP contribution >= 0.6 is 11.6 Å². The third-order valence-electron chi connectivity index (χ3n) is 4.51. The van der Waals surface area contributed by atoms with Crippen molar-refractivity contribution in [1.29, 1.82) is 0 Å². The first kappa shape index (κ1) is 18.5. The van der Waals surface area contributed by atoms with Crippen molar-refractivity contribution in [2.24, 2.45) is 5.92 Å². The molecule has 2 aromatic rings. The second kappa shape index (κ2) is 8.87. The largest absolute Gasteiger partial charge is 0.468 e. The molecular formula is C19H22ClN3O3. The molecule has 2 N–H and O–H groups in total. The van der Waals surface area contributed by atoms with Crippen molar-refractivity contribution in [3.8, 4) is 0 Å². The van der Waals surface area contributed by atoms with Gasteiger partial charge in [0.25, 0.3) is 0 Å². The van der Waals surface area contributed by atoms with Crippen molar-refractivity contribution in [2.45, 2.75) is 19.4 Å². The fraction of sp³-hybridized carbons (Fsp3) is 0.368. The van der Waals surface area contributed by atoms with Crippen molar-refractivity contribution >= 4 is 29.1 Å². The molecule has 1 saturated heterocycles.